The summed E-state index contributed by atoms with van der Waals surface area (Å²) in [5, 5.41) is 0.707. The van der Waals surface area contributed by atoms with Gasteiger partial charge in [-0.15, -0.1) is 0 Å². The molecule has 0 atom stereocenters. The Morgan fingerprint density at radius 2 is 1.70 bits per heavy atom. The van der Waals surface area contributed by atoms with Gasteiger partial charge in [-0.3, -0.25) is 19.4 Å². The Labute approximate surface area is 211 Å². The van der Waals surface area contributed by atoms with Crippen LogP contribution in [0.3, 0.4) is 0 Å². The normalized spacial score (nSPS) is 15.7. The summed E-state index contributed by atoms with van der Waals surface area (Å²) in [6.45, 7) is 6.14. The molecule has 0 radical (unpaired) electrons. The Bertz CT molecular complexity index is 1310. The van der Waals surface area contributed by atoms with Gasteiger partial charge in [0.05, 0.1) is 11.4 Å². The lowest BCUT2D eigenvalue weighted by molar-refractivity contribution is -0.127. The zero-order valence-electron chi connectivity index (χ0n) is 18.3. The molecular formula is C25H21BrClN3O2S. The smallest absolute Gasteiger partial charge is 0.270 e. The van der Waals surface area contributed by atoms with Crippen molar-refractivity contribution in [2.45, 2.75) is 20.8 Å². The molecule has 0 saturated carbocycles. The molecular weight excluding hydrogens is 522 g/mol. The molecule has 1 saturated heterocycles. The maximum Gasteiger partial charge on any atom is 0.270 e. The number of amides is 2. The van der Waals surface area contributed by atoms with Crippen LogP contribution >= 0.6 is 39.7 Å². The molecule has 0 N–H and O–H groups in total. The fourth-order valence-electron chi connectivity index (χ4n) is 3.96. The number of aromatic nitrogens is 1. The van der Waals surface area contributed by atoms with Crippen LogP contribution in [-0.2, 0) is 9.59 Å². The van der Waals surface area contributed by atoms with Crippen molar-refractivity contribution in [3.8, 4) is 5.69 Å². The van der Waals surface area contributed by atoms with Crippen LogP contribution < -0.4 is 4.90 Å². The van der Waals surface area contributed by atoms with E-state index in [1.807, 2.05) is 51.1 Å². The Balaban J connectivity index is 1.83. The molecule has 0 aliphatic carbocycles. The minimum Gasteiger partial charge on any atom is -0.317 e. The van der Waals surface area contributed by atoms with E-state index in [2.05, 4.69) is 20.5 Å². The van der Waals surface area contributed by atoms with Crippen LogP contribution in [0, 0.1) is 13.8 Å². The van der Waals surface area contributed by atoms with E-state index in [-0.39, 0.29) is 10.7 Å². The second-order valence-corrected chi connectivity index (χ2v) is 9.28. The number of carbonyl (C=O) groups excluding carboxylic acids is 2. The highest BCUT2D eigenvalue weighted by Crippen LogP contribution is 2.30. The van der Waals surface area contributed by atoms with Crippen molar-refractivity contribution in [3.05, 3.63) is 86.6 Å². The van der Waals surface area contributed by atoms with Gasteiger partial charge in [-0.05, 0) is 103 Å². The molecule has 4 rings (SSSR count). The number of likely N-dealkylation sites (N-methyl/N-ethyl adjacent to an activating group) is 1. The van der Waals surface area contributed by atoms with Gasteiger partial charge in [0.25, 0.3) is 11.8 Å². The summed E-state index contributed by atoms with van der Waals surface area (Å²) in [5.74, 6) is -0.855. The van der Waals surface area contributed by atoms with Gasteiger partial charge < -0.3 is 4.57 Å². The Hall–Kier alpha value is -2.74. The summed E-state index contributed by atoms with van der Waals surface area (Å²) in [5.41, 5.74) is 4.30. The van der Waals surface area contributed by atoms with E-state index >= 15 is 0 Å². The van der Waals surface area contributed by atoms with Crippen LogP contribution in [0.2, 0.25) is 5.02 Å². The number of halogens is 2. The van der Waals surface area contributed by atoms with E-state index in [1.54, 1.807) is 30.3 Å². The van der Waals surface area contributed by atoms with Crippen molar-refractivity contribution in [1.82, 2.24) is 9.47 Å². The van der Waals surface area contributed by atoms with E-state index in [9.17, 15) is 9.59 Å². The minimum atomic E-state index is -0.456. The van der Waals surface area contributed by atoms with Gasteiger partial charge in [-0.25, -0.2) is 0 Å². The summed E-state index contributed by atoms with van der Waals surface area (Å²) in [7, 11) is 0. The number of para-hydroxylation sites is 1. The summed E-state index contributed by atoms with van der Waals surface area (Å²) >= 11 is 15.1. The average Bonchev–Trinajstić information content (AvgIpc) is 3.06. The van der Waals surface area contributed by atoms with E-state index in [0.29, 0.717) is 17.3 Å². The lowest BCUT2D eigenvalue weighted by Crippen LogP contribution is -2.56. The number of rotatable bonds is 4. The highest BCUT2D eigenvalue weighted by molar-refractivity contribution is 9.10. The number of thiocarbonyl (C=S) groups is 1. The molecule has 0 unspecified atom stereocenters. The van der Waals surface area contributed by atoms with Gasteiger partial charge >= 0.3 is 0 Å². The number of benzene rings is 2. The van der Waals surface area contributed by atoms with Crippen molar-refractivity contribution in [1.29, 1.82) is 0 Å². The fourth-order valence-corrected chi connectivity index (χ4v) is 4.95. The Morgan fingerprint density at radius 3 is 2.33 bits per heavy atom. The van der Waals surface area contributed by atoms with Crippen molar-refractivity contribution < 1.29 is 9.59 Å². The molecule has 3 aromatic rings. The van der Waals surface area contributed by atoms with E-state index in [4.69, 9.17) is 23.8 Å². The second-order valence-electron chi connectivity index (χ2n) is 7.62. The minimum absolute atomic E-state index is 0.0628. The van der Waals surface area contributed by atoms with Gasteiger partial charge in [-0.1, -0.05) is 23.7 Å². The summed E-state index contributed by atoms with van der Waals surface area (Å²) in [4.78, 5) is 29.5. The lowest BCUT2D eigenvalue weighted by atomic mass is 10.1. The first-order chi connectivity index (χ1) is 15.7. The second kappa shape index (κ2) is 9.25. The summed E-state index contributed by atoms with van der Waals surface area (Å²) in [6, 6.07) is 16.7. The van der Waals surface area contributed by atoms with Gasteiger partial charge in [0.2, 0.25) is 0 Å². The standard InChI is InChI=1S/C25H21BrClN3O2S/c1-4-28-23(31)20(24(32)30(25(28)33)19-11-9-18(27)10-12-19)14-17-13-15(2)29(16(17)3)22-8-6-5-7-21(22)26/h5-14H,4H2,1-3H3/b20-14+. The topological polar surface area (TPSA) is 45.6 Å². The molecule has 2 aromatic carbocycles. The summed E-state index contributed by atoms with van der Waals surface area (Å²) < 4.78 is 3.04. The molecule has 2 amide bonds. The third-order valence-corrected chi connectivity index (χ3v) is 6.92. The molecule has 1 fully saturated rings. The van der Waals surface area contributed by atoms with Crippen molar-refractivity contribution in [2.24, 2.45) is 0 Å². The van der Waals surface area contributed by atoms with E-state index in [1.165, 1.54) is 9.80 Å². The number of carbonyl (C=O) groups is 2. The third-order valence-electron chi connectivity index (χ3n) is 5.60. The molecule has 2 heterocycles. The highest BCUT2D eigenvalue weighted by Gasteiger charge is 2.39. The van der Waals surface area contributed by atoms with Crippen molar-refractivity contribution >= 4 is 68.4 Å². The zero-order valence-corrected chi connectivity index (χ0v) is 21.5. The zero-order chi connectivity index (χ0) is 23.9. The first-order valence-corrected chi connectivity index (χ1v) is 11.9. The third kappa shape index (κ3) is 4.16. The Morgan fingerprint density at radius 1 is 1.03 bits per heavy atom. The monoisotopic (exact) mass is 541 g/mol. The molecule has 33 heavy (non-hydrogen) atoms. The van der Waals surface area contributed by atoms with Crippen LogP contribution in [0.4, 0.5) is 5.69 Å². The maximum atomic E-state index is 13.5. The van der Waals surface area contributed by atoms with Crippen molar-refractivity contribution in [3.63, 3.8) is 0 Å². The quantitative estimate of drug-likeness (QED) is 0.228. The molecule has 168 valence electrons. The number of aryl methyl sites for hydroxylation is 1. The molecule has 1 aliphatic rings. The van der Waals surface area contributed by atoms with Crippen LogP contribution in [0.25, 0.3) is 11.8 Å². The summed E-state index contributed by atoms with van der Waals surface area (Å²) in [6.07, 6.45) is 1.66. The predicted molar refractivity (Wildman–Crippen MR) is 140 cm³/mol. The van der Waals surface area contributed by atoms with Crippen LogP contribution in [0.15, 0.2) is 64.6 Å². The average molecular weight is 543 g/mol. The maximum absolute atomic E-state index is 13.5. The first-order valence-electron chi connectivity index (χ1n) is 10.4. The van der Waals surface area contributed by atoms with Gasteiger partial charge in [0.1, 0.15) is 5.57 Å². The van der Waals surface area contributed by atoms with Gasteiger partial charge in [-0.2, -0.15) is 0 Å². The number of hydrogen-bond donors (Lipinski definition) is 0. The molecule has 0 spiro atoms. The number of nitrogens with zero attached hydrogens (tertiary/aromatic N) is 3. The largest absolute Gasteiger partial charge is 0.317 e. The lowest BCUT2D eigenvalue weighted by Gasteiger charge is -2.36. The van der Waals surface area contributed by atoms with Gasteiger partial charge in [0.15, 0.2) is 5.11 Å². The number of hydrogen-bond acceptors (Lipinski definition) is 3. The van der Waals surface area contributed by atoms with Crippen LogP contribution in [0.1, 0.15) is 23.9 Å². The molecule has 5 nitrogen and oxygen atoms in total. The Kier molecular flexibility index (Phi) is 6.56. The van der Waals surface area contributed by atoms with Gasteiger partial charge in [0, 0.05) is 27.4 Å². The molecule has 0 bridgehead atoms. The van der Waals surface area contributed by atoms with Crippen LogP contribution in [0.5, 0.6) is 0 Å². The van der Waals surface area contributed by atoms with E-state index < -0.39 is 11.8 Å². The molecule has 1 aromatic heterocycles. The molecule has 8 heteroatoms. The highest BCUT2D eigenvalue weighted by atomic mass is 79.9. The molecule has 1 aliphatic heterocycles. The first kappa shape index (κ1) is 23.4. The SMILES string of the molecule is CCN1C(=O)/C(=C\c2cc(C)n(-c3ccccc3Br)c2C)C(=O)N(c2ccc(Cl)cc2)C1=S. The van der Waals surface area contributed by atoms with Crippen molar-refractivity contribution in [2.75, 3.05) is 11.4 Å². The van der Waals surface area contributed by atoms with E-state index in [0.717, 1.165) is 27.1 Å². The predicted octanol–water partition coefficient (Wildman–Crippen LogP) is 6.07. The number of anilines is 1. The fraction of sp³-hybridized carbons (Fsp3) is 0.160. The van der Waals surface area contributed by atoms with Crippen LogP contribution in [-0.4, -0.2) is 32.9 Å².